The molecule has 2 rings (SSSR count). The average molecular weight is 302 g/mol. The van der Waals surface area contributed by atoms with Gasteiger partial charge in [-0.1, -0.05) is 6.07 Å². The molecule has 7 nitrogen and oxygen atoms in total. The van der Waals surface area contributed by atoms with Gasteiger partial charge in [0.2, 0.25) is 0 Å². The zero-order valence-electron chi connectivity index (χ0n) is 11.1. The third-order valence-electron chi connectivity index (χ3n) is 2.58. The molecule has 0 unspecified atom stereocenters. The predicted octanol–water partition coefficient (Wildman–Crippen LogP) is 2.66. The molecule has 7 heteroatoms. The van der Waals surface area contributed by atoms with Crippen molar-refractivity contribution in [3.05, 3.63) is 59.7 Å². The second-order valence-corrected chi connectivity index (χ2v) is 4.12. The Morgan fingerprint density at radius 3 is 1.91 bits per heavy atom. The molecule has 0 aliphatic carbocycles. The van der Waals surface area contributed by atoms with Crippen LogP contribution >= 0.6 is 0 Å². The van der Waals surface area contributed by atoms with E-state index in [1.54, 1.807) is 0 Å². The van der Waals surface area contributed by atoms with Gasteiger partial charge in [-0.2, -0.15) is 0 Å². The third kappa shape index (κ3) is 3.83. The number of carbonyl (C=O) groups excluding carboxylic acids is 1. The van der Waals surface area contributed by atoms with Crippen LogP contribution in [0.5, 0.6) is 11.5 Å². The number of rotatable bonds is 4. The van der Waals surface area contributed by atoms with Crippen molar-refractivity contribution in [1.82, 2.24) is 0 Å². The van der Waals surface area contributed by atoms with E-state index in [2.05, 4.69) is 0 Å². The molecular weight excluding hydrogens is 292 g/mol. The number of hydrogen-bond acceptors (Lipinski definition) is 5. The van der Waals surface area contributed by atoms with E-state index < -0.39 is 18.1 Å². The van der Waals surface area contributed by atoms with Crippen LogP contribution in [0.25, 0.3) is 0 Å². The molecule has 0 saturated heterocycles. The molecule has 0 aliphatic rings. The summed E-state index contributed by atoms with van der Waals surface area (Å²) in [5.74, 6) is -2.13. The fourth-order valence-electron chi connectivity index (χ4n) is 1.57. The van der Waals surface area contributed by atoms with E-state index in [9.17, 15) is 14.4 Å². The summed E-state index contributed by atoms with van der Waals surface area (Å²) in [6, 6.07) is 10.5. The summed E-state index contributed by atoms with van der Waals surface area (Å²) in [6.07, 6.45) is -1.06. The summed E-state index contributed by atoms with van der Waals surface area (Å²) < 4.78 is 9.70. The van der Waals surface area contributed by atoms with Gasteiger partial charge in [-0.15, -0.1) is 0 Å². The standard InChI is InChI=1S/C15H10O7/c16-13(17)9-4-6-11(7-5-9)21-15(20)22-12-3-1-2-10(8-12)14(18)19/h1-8H,(H,16,17)(H,18,19). The molecule has 0 heterocycles. The van der Waals surface area contributed by atoms with E-state index in [0.29, 0.717) is 0 Å². The molecule has 22 heavy (non-hydrogen) atoms. The molecule has 0 saturated carbocycles. The van der Waals surface area contributed by atoms with Crippen LogP contribution in [-0.4, -0.2) is 28.3 Å². The first-order chi connectivity index (χ1) is 10.5. The van der Waals surface area contributed by atoms with E-state index >= 15 is 0 Å². The minimum Gasteiger partial charge on any atom is -0.478 e. The van der Waals surface area contributed by atoms with Gasteiger partial charge in [-0.05, 0) is 42.5 Å². The van der Waals surface area contributed by atoms with Gasteiger partial charge >= 0.3 is 18.1 Å². The number of ether oxygens (including phenoxy) is 2. The van der Waals surface area contributed by atoms with E-state index in [-0.39, 0.29) is 22.6 Å². The molecule has 0 radical (unpaired) electrons. The first-order valence-corrected chi connectivity index (χ1v) is 6.02. The Morgan fingerprint density at radius 1 is 0.727 bits per heavy atom. The molecule has 2 N–H and O–H groups in total. The number of carbonyl (C=O) groups is 3. The predicted molar refractivity (Wildman–Crippen MR) is 73.5 cm³/mol. The van der Waals surface area contributed by atoms with Crippen LogP contribution in [0, 0.1) is 0 Å². The molecule has 0 bridgehead atoms. The Hall–Kier alpha value is -3.35. The maximum Gasteiger partial charge on any atom is 0.519 e. The minimum atomic E-state index is -1.15. The first kappa shape index (κ1) is 15.0. The second-order valence-electron chi connectivity index (χ2n) is 4.12. The van der Waals surface area contributed by atoms with Crippen LogP contribution in [0.3, 0.4) is 0 Å². The number of hydrogen-bond donors (Lipinski definition) is 2. The third-order valence-corrected chi connectivity index (χ3v) is 2.58. The number of carboxylic acid groups (broad SMARTS) is 2. The molecule has 0 aliphatic heterocycles. The molecule has 0 spiro atoms. The van der Waals surface area contributed by atoms with Crippen LogP contribution in [0.15, 0.2) is 48.5 Å². The Labute approximate surface area is 124 Å². The summed E-state index contributed by atoms with van der Waals surface area (Å²) in [5, 5.41) is 17.6. The molecule has 0 fully saturated rings. The number of carboxylic acids is 2. The lowest BCUT2D eigenvalue weighted by molar-refractivity contribution is 0.0685. The zero-order valence-corrected chi connectivity index (χ0v) is 11.1. The van der Waals surface area contributed by atoms with Crippen LogP contribution in [0.4, 0.5) is 4.79 Å². The van der Waals surface area contributed by atoms with Crippen molar-refractivity contribution in [1.29, 1.82) is 0 Å². The van der Waals surface area contributed by atoms with Crippen LogP contribution in [0.1, 0.15) is 20.7 Å². The van der Waals surface area contributed by atoms with Gasteiger partial charge in [0.25, 0.3) is 0 Å². The quantitative estimate of drug-likeness (QED) is 0.659. The summed E-state index contributed by atoms with van der Waals surface area (Å²) in [6.45, 7) is 0. The van der Waals surface area contributed by atoms with E-state index in [1.807, 2.05) is 0 Å². The normalized spacial score (nSPS) is 9.82. The van der Waals surface area contributed by atoms with E-state index in [1.165, 1.54) is 48.5 Å². The molecule has 2 aromatic rings. The van der Waals surface area contributed by atoms with Crippen molar-refractivity contribution in [3.63, 3.8) is 0 Å². The van der Waals surface area contributed by atoms with Crippen molar-refractivity contribution in [2.75, 3.05) is 0 Å². The minimum absolute atomic E-state index is 0.0204. The smallest absolute Gasteiger partial charge is 0.478 e. The lowest BCUT2D eigenvalue weighted by atomic mass is 10.2. The number of benzene rings is 2. The Bertz CT molecular complexity index is 719. The van der Waals surface area contributed by atoms with Gasteiger partial charge in [0.1, 0.15) is 11.5 Å². The fourth-order valence-corrected chi connectivity index (χ4v) is 1.57. The van der Waals surface area contributed by atoms with Crippen LogP contribution < -0.4 is 9.47 Å². The van der Waals surface area contributed by atoms with Gasteiger partial charge in [0.05, 0.1) is 11.1 Å². The molecule has 0 amide bonds. The highest BCUT2D eigenvalue weighted by atomic mass is 16.7. The van der Waals surface area contributed by atoms with Gasteiger partial charge in [-0.25, -0.2) is 14.4 Å². The zero-order chi connectivity index (χ0) is 16.1. The topological polar surface area (TPSA) is 110 Å². The molecule has 0 aromatic heterocycles. The largest absolute Gasteiger partial charge is 0.519 e. The molecule has 0 atom stereocenters. The highest BCUT2D eigenvalue weighted by Crippen LogP contribution is 2.16. The Kier molecular flexibility index (Phi) is 4.38. The molecular formula is C15H10O7. The van der Waals surface area contributed by atoms with E-state index in [0.717, 1.165) is 0 Å². The molecule has 2 aromatic carbocycles. The van der Waals surface area contributed by atoms with Crippen molar-refractivity contribution in [2.24, 2.45) is 0 Å². The van der Waals surface area contributed by atoms with Gasteiger partial charge < -0.3 is 19.7 Å². The van der Waals surface area contributed by atoms with Gasteiger partial charge in [0.15, 0.2) is 0 Å². The van der Waals surface area contributed by atoms with Crippen molar-refractivity contribution < 1.29 is 34.1 Å². The van der Waals surface area contributed by atoms with Crippen molar-refractivity contribution >= 4 is 18.1 Å². The highest BCUT2D eigenvalue weighted by molar-refractivity contribution is 5.88. The Balaban J connectivity index is 2.02. The Morgan fingerprint density at radius 2 is 1.32 bits per heavy atom. The maximum atomic E-state index is 11.6. The van der Waals surface area contributed by atoms with Gasteiger partial charge in [-0.3, -0.25) is 0 Å². The lowest BCUT2D eigenvalue weighted by Gasteiger charge is -2.06. The SMILES string of the molecule is O=C(Oc1ccc(C(=O)O)cc1)Oc1cccc(C(=O)O)c1. The summed E-state index contributed by atoms with van der Waals surface area (Å²) in [4.78, 5) is 33.1. The monoisotopic (exact) mass is 302 g/mol. The first-order valence-electron chi connectivity index (χ1n) is 6.02. The summed E-state index contributed by atoms with van der Waals surface area (Å²) >= 11 is 0. The van der Waals surface area contributed by atoms with Crippen molar-refractivity contribution in [2.45, 2.75) is 0 Å². The maximum absolute atomic E-state index is 11.6. The van der Waals surface area contributed by atoms with Crippen molar-refractivity contribution in [3.8, 4) is 11.5 Å². The fraction of sp³-hybridized carbons (Fsp3) is 0. The summed E-state index contributed by atoms with van der Waals surface area (Å²) in [5.41, 5.74) is 0.0194. The highest BCUT2D eigenvalue weighted by Gasteiger charge is 2.11. The number of aromatic carboxylic acids is 2. The summed E-state index contributed by atoms with van der Waals surface area (Å²) in [7, 11) is 0. The van der Waals surface area contributed by atoms with Crippen LogP contribution in [-0.2, 0) is 0 Å². The molecule has 112 valence electrons. The van der Waals surface area contributed by atoms with Gasteiger partial charge in [0, 0.05) is 0 Å². The lowest BCUT2D eigenvalue weighted by Crippen LogP contribution is -2.14. The second kappa shape index (κ2) is 6.40. The average Bonchev–Trinajstić information content (AvgIpc) is 2.47. The van der Waals surface area contributed by atoms with E-state index in [4.69, 9.17) is 19.7 Å². The van der Waals surface area contributed by atoms with Crippen LogP contribution in [0.2, 0.25) is 0 Å².